The molecule has 0 aromatic heterocycles. The number of nitrogens with one attached hydrogen (secondary N) is 1. The van der Waals surface area contributed by atoms with Crippen molar-refractivity contribution in [3.63, 3.8) is 0 Å². The summed E-state index contributed by atoms with van der Waals surface area (Å²) in [6.07, 6.45) is 3.93. The summed E-state index contributed by atoms with van der Waals surface area (Å²) < 4.78 is 0. The van der Waals surface area contributed by atoms with Crippen molar-refractivity contribution in [3.8, 4) is 0 Å². The van der Waals surface area contributed by atoms with Crippen LogP contribution in [0.4, 0.5) is 0 Å². The second-order valence-electron chi connectivity index (χ2n) is 5.58. The van der Waals surface area contributed by atoms with Gasteiger partial charge in [-0.05, 0) is 24.8 Å². The summed E-state index contributed by atoms with van der Waals surface area (Å²) in [5.74, 6) is 0. The highest BCUT2D eigenvalue weighted by Gasteiger charge is 2.39. The fourth-order valence-corrected chi connectivity index (χ4v) is 4.31. The van der Waals surface area contributed by atoms with Crippen LogP contribution in [0, 0.1) is 5.41 Å². The van der Waals surface area contributed by atoms with Gasteiger partial charge in [-0.25, -0.2) is 0 Å². The minimum absolute atomic E-state index is 0.292. The Hall–Kier alpha value is 0.270. The Morgan fingerprint density at radius 3 is 2.75 bits per heavy atom. The van der Waals surface area contributed by atoms with Crippen LogP contribution >= 0.6 is 11.8 Å². The van der Waals surface area contributed by atoms with Gasteiger partial charge in [0, 0.05) is 16.5 Å². The highest BCUT2D eigenvalue weighted by atomic mass is 32.2. The third-order valence-electron chi connectivity index (χ3n) is 3.61. The van der Waals surface area contributed by atoms with Crippen molar-refractivity contribution in [1.29, 1.82) is 0 Å². The first-order valence-electron chi connectivity index (χ1n) is 6.51. The zero-order chi connectivity index (χ0) is 12.2. The van der Waals surface area contributed by atoms with Gasteiger partial charge in [0.15, 0.2) is 0 Å². The molecule has 0 aliphatic heterocycles. The van der Waals surface area contributed by atoms with E-state index in [0.29, 0.717) is 28.6 Å². The summed E-state index contributed by atoms with van der Waals surface area (Å²) in [7, 11) is 0. The topological polar surface area (TPSA) is 32.3 Å². The molecule has 1 aliphatic rings. The summed E-state index contributed by atoms with van der Waals surface area (Å²) in [4.78, 5) is 0. The molecule has 2 nitrogen and oxygen atoms in total. The van der Waals surface area contributed by atoms with Gasteiger partial charge in [0.25, 0.3) is 0 Å². The molecule has 0 saturated heterocycles. The van der Waals surface area contributed by atoms with E-state index in [9.17, 15) is 5.11 Å². The lowest BCUT2D eigenvalue weighted by atomic mass is 9.73. The van der Waals surface area contributed by atoms with Crippen molar-refractivity contribution < 1.29 is 5.11 Å². The van der Waals surface area contributed by atoms with Gasteiger partial charge in [-0.2, -0.15) is 11.8 Å². The van der Waals surface area contributed by atoms with Crippen molar-refractivity contribution in [2.24, 2.45) is 5.41 Å². The van der Waals surface area contributed by atoms with Crippen LogP contribution in [-0.2, 0) is 0 Å². The van der Waals surface area contributed by atoms with Crippen molar-refractivity contribution in [3.05, 3.63) is 0 Å². The lowest BCUT2D eigenvalue weighted by Crippen LogP contribution is -2.51. The van der Waals surface area contributed by atoms with E-state index < -0.39 is 0 Å². The molecule has 3 atom stereocenters. The third kappa shape index (κ3) is 3.64. The van der Waals surface area contributed by atoms with Crippen molar-refractivity contribution in [2.75, 3.05) is 13.2 Å². The fraction of sp³-hybridized carbons (Fsp3) is 1.00. The van der Waals surface area contributed by atoms with Crippen LogP contribution in [0.5, 0.6) is 0 Å². The van der Waals surface area contributed by atoms with Crippen LogP contribution in [0.1, 0.15) is 47.0 Å². The monoisotopic (exact) mass is 245 g/mol. The number of thioether (sulfide) groups is 1. The molecule has 1 aliphatic carbocycles. The second-order valence-corrected chi connectivity index (χ2v) is 7.27. The van der Waals surface area contributed by atoms with Crippen molar-refractivity contribution in [1.82, 2.24) is 5.32 Å². The molecular weight excluding hydrogens is 218 g/mol. The molecule has 16 heavy (non-hydrogen) atoms. The molecule has 2 N–H and O–H groups in total. The normalized spacial score (nSPS) is 31.3. The van der Waals surface area contributed by atoms with E-state index in [1.807, 2.05) is 11.8 Å². The van der Waals surface area contributed by atoms with E-state index in [1.54, 1.807) is 0 Å². The lowest BCUT2D eigenvalue weighted by Gasteiger charge is -2.45. The Balaban J connectivity index is 2.64. The number of rotatable bonds is 5. The summed E-state index contributed by atoms with van der Waals surface area (Å²) in [6, 6.07) is 0.588. The molecule has 0 bridgehead atoms. The van der Waals surface area contributed by atoms with Crippen LogP contribution in [0.15, 0.2) is 0 Å². The van der Waals surface area contributed by atoms with Gasteiger partial charge in [-0.3, -0.25) is 0 Å². The zero-order valence-electron chi connectivity index (χ0n) is 11.1. The van der Waals surface area contributed by atoms with Gasteiger partial charge in [0.05, 0.1) is 6.61 Å². The summed E-state index contributed by atoms with van der Waals surface area (Å²) in [5, 5.41) is 13.8. The molecule has 1 saturated carbocycles. The van der Waals surface area contributed by atoms with Gasteiger partial charge in [-0.1, -0.05) is 34.1 Å². The minimum atomic E-state index is 0.292. The van der Waals surface area contributed by atoms with E-state index in [2.05, 4.69) is 33.0 Å². The second kappa shape index (κ2) is 6.27. The lowest BCUT2D eigenvalue weighted by molar-refractivity contribution is 0.176. The molecule has 0 amide bonds. The average Bonchev–Trinajstić information content (AvgIpc) is 2.22. The number of aliphatic hydroxyl groups excluding tert-OH is 1. The SMILES string of the molecule is CCNC1C(SC(C)CO)CCCC1(C)C. The molecule has 0 heterocycles. The highest BCUT2D eigenvalue weighted by Crippen LogP contribution is 2.41. The number of aliphatic hydroxyl groups is 1. The first-order valence-corrected chi connectivity index (χ1v) is 7.45. The molecule has 96 valence electrons. The number of hydrogen-bond donors (Lipinski definition) is 2. The smallest absolute Gasteiger partial charge is 0.0547 e. The van der Waals surface area contributed by atoms with E-state index in [0.717, 1.165) is 6.54 Å². The van der Waals surface area contributed by atoms with Crippen molar-refractivity contribution in [2.45, 2.75) is 63.5 Å². The molecule has 1 fully saturated rings. The first kappa shape index (κ1) is 14.3. The van der Waals surface area contributed by atoms with Gasteiger partial charge >= 0.3 is 0 Å². The average molecular weight is 245 g/mol. The summed E-state index contributed by atoms with van der Waals surface area (Å²) in [5.41, 5.74) is 0.390. The van der Waals surface area contributed by atoms with E-state index >= 15 is 0 Å². The maximum atomic E-state index is 9.17. The minimum Gasteiger partial charge on any atom is -0.395 e. The molecular formula is C13H27NOS. The highest BCUT2D eigenvalue weighted by molar-refractivity contribution is 8.00. The molecule has 0 aromatic rings. The van der Waals surface area contributed by atoms with Crippen LogP contribution in [0.2, 0.25) is 0 Å². The van der Waals surface area contributed by atoms with Crippen LogP contribution in [0.3, 0.4) is 0 Å². The van der Waals surface area contributed by atoms with E-state index in [1.165, 1.54) is 19.3 Å². The van der Waals surface area contributed by atoms with Gasteiger partial charge in [0.2, 0.25) is 0 Å². The molecule has 0 radical (unpaired) electrons. The Bertz CT molecular complexity index is 208. The Morgan fingerprint density at radius 2 is 2.19 bits per heavy atom. The zero-order valence-corrected chi connectivity index (χ0v) is 11.9. The van der Waals surface area contributed by atoms with Crippen LogP contribution < -0.4 is 5.32 Å². The quantitative estimate of drug-likeness (QED) is 0.781. The first-order chi connectivity index (χ1) is 7.51. The largest absolute Gasteiger partial charge is 0.395 e. The summed E-state index contributed by atoms with van der Waals surface area (Å²) >= 11 is 1.96. The number of hydrogen-bond acceptors (Lipinski definition) is 3. The molecule has 0 spiro atoms. The molecule has 1 rings (SSSR count). The van der Waals surface area contributed by atoms with Gasteiger partial charge in [0.1, 0.15) is 0 Å². The predicted molar refractivity (Wildman–Crippen MR) is 73.0 cm³/mol. The third-order valence-corrected chi connectivity index (χ3v) is 5.08. The molecule has 0 aromatic carbocycles. The maximum absolute atomic E-state index is 9.17. The molecule has 3 unspecified atom stereocenters. The van der Waals surface area contributed by atoms with E-state index in [-0.39, 0.29) is 0 Å². The van der Waals surface area contributed by atoms with Gasteiger partial charge in [-0.15, -0.1) is 0 Å². The van der Waals surface area contributed by atoms with Crippen LogP contribution in [0.25, 0.3) is 0 Å². The maximum Gasteiger partial charge on any atom is 0.0547 e. The standard InChI is InChI=1S/C13H27NOS/c1-5-14-12-11(16-10(2)9-15)7-6-8-13(12,3)4/h10-12,14-15H,5-9H2,1-4H3. The molecule has 3 heteroatoms. The predicted octanol–water partition coefficient (Wildman–Crippen LogP) is 2.66. The summed E-state index contributed by atoms with van der Waals surface area (Å²) in [6.45, 7) is 10.4. The fourth-order valence-electron chi connectivity index (χ4n) is 2.70. The van der Waals surface area contributed by atoms with Crippen molar-refractivity contribution >= 4 is 11.8 Å². The van der Waals surface area contributed by atoms with E-state index in [4.69, 9.17) is 0 Å². The Kier molecular flexibility index (Phi) is 5.62. The Labute approximate surface area is 105 Å². The Morgan fingerprint density at radius 1 is 1.50 bits per heavy atom. The van der Waals surface area contributed by atoms with Crippen LogP contribution in [-0.4, -0.2) is 34.8 Å². The van der Waals surface area contributed by atoms with Gasteiger partial charge < -0.3 is 10.4 Å².